The number of aryl methyl sites for hydroxylation is 1. The van der Waals surface area contributed by atoms with E-state index in [4.69, 9.17) is 15.8 Å². The predicted octanol–water partition coefficient (Wildman–Crippen LogP) is 2.74. The fourth-order valence-electron chi connectivity index (χ4n) is 2.22. The number of aromatic nitrogens is 3. The molecule has 0 atom stereocenters. The summed E-state index contributed by atoms with van der Waals surface area (Å²) >= 11 is 0. The molecule has 0 bridgehead atoms. The topological polar surface area (TPSA) is 68.2 Å². The molecular weight excluding hydrogens is 262 g/mol. The Hall–Kier alpha value is -1.62. The van der Waals surface area contributed by atoms with E-state index in [0.717, 1.165) is 48.7 Å². The molecule has 0 unspecified atom stereocenters. The van der Waals surface area contributed by atoms with Crippen LogP contribution in [-0.4, -0.2) is 27.7 Å². The zero-order chi connectivity index (χ0) is 15.5. The molecule has 0 saturated carbocycles. The van der Waals surface area contributed by atoms with E-state index in [1.807, 2.05) is 4.52 Å². The SMILES string of the molecule is CCCc1cc(NCCCN)n2nc(C(C)(C)C)cc2n1. The Morgan fingerprint density at radius 2 is 2.05 bits per heavy atom. The number of anilines is 1. The van der Waals surface area contributed by atoms with Crippen molar-refractivity contribution in [3.8, 4) is 0 Å². The van der Waals surface area contributed by atoms with Crippen LogP contribution in [0.15, 0.2) is 12.1 Å². The van der Waals surface area contributed by atoms with Gasteiger partial charge in [-0.05, 0) is 19.4 Å². The van der Waals surface area contributed by atoms with Gasteiger partial charge in [-0.1, -0.05) is 34.1 Å². The van der Waals surface area contributed by atoms with Gasteiger partial charge < -0.3 is 11.1 Å². The molecule has 0 aliphatic rings. The first kappa shape index (κ1) is 15.8. The van der Waals surface area contributed by atoms with Gasteiger partial charge in [-0.25, -0.2) is 4.98 Å². The maximum Gasteiger partial charge on any atom is 0.157 e. The lowest BCUT2D eigenvalue weighted by atomic mass is 9.93. The van der Waals surface area contributed by atoms with Gasteiger partial charge in [0, 0.05) is 29.8 Å². The summed E-state index contributed by atoms with van der Waals surface area (Å²) in [6.07, 6.45) is 3.02. The van der Waals surface area contributed by atoms with Crippen LogP contribution in [0.3, 0.4) is 0 Å². The summed E-state index contributed by atoms with van der Waals surface area (Å²) in [5.74, 6) is 1.01. The van der Waals surface area contributed by atoms with Crippen molar-refractivity contribution in [2.45, 2.75) is 52.4 Å². The molecule has 0 spiro atoms. The Morgan fingerprint density at radius 3 is 2.67 bits per heavy atom. The number of rotatable bonds is 6. The number of hydrogen-bond donors (Lipinski definition) is 2. The molecule has 2 heterocycles. The Labute approximate surface area is 126 Å². The van der Waals surface area contributed by atoms with Crippen LogP contribution >= 0.6 is 0 Å². The summed E-state index contributed by atoms with van der Waals surface area (Å²) in [5, 5.41) is 8.16. The molecule has 2 rings (SSSR count). The maximum absolute atomic E-state index is 5.57. The monoisotopic (exact) mass is 289 g/mol. The standard InChI is InChI=1S/C16H27N5/c1-5-7-12-10-14(18-9-6-8-17)21-15(19-12)11-13(20-21)16(2,3)4/h10-11,18H,5-9,17H2,1-4H3. The first-order valence-corrected chi connectivity index (χ1v) is 7.80. The lowest BCUT2D eigenvalue weighted by molar-refractivity contribution is 0.563. The summed E-state index contributed by atoms with van der Waals surface area (Å²) in [6.45, 7) is 10.2. The van der Waals surface area contributed by atoms with Gasteiger partial charge in [0.25, 0.3) is 0 Å². The van der Waals surface area contributed by atoms with Gasteiger partial charge in [0.1, 0.15) is 5.82 Å². The molecule has 0 saturated heterocycles. The van der Waals surface area contributed by atoms with E-state index in [1.54, 1.807) is 0 Å². The molecule has 2 aromatic heterocycles. The van der Waals surface area contributed by atoms with Crippen molar-refractivity contribution in [3.63, 3.8) is 0 Å². The molecule has 0 aliphatic carbocycles. The number of nitrogens with one attached hydrogen (secondary N) is 1. The third-order valence-corrected chi connectivity index (χ3v) is 3.44. The minimum absolute atomic E-state index is 0.0210. The summed E-state index contributed by atoms with van der Waals surface area (Å²) < 4.78 is 1.91. The van der Waals surface area contributed by atoms with E-state index in [1.165, 1.54) is 0 Å². The minimum Gasteiger partial charge on any atom is -0.370 e. The molecule has 2 aromatic rings. The number of hydrogen-bond acceptors (Lipinski definition) is 4. The molecule has 116 valence electrons. The van der Waals surface area contributed by atoms with Crippen LogP contribution in [-0.2, 0) is 11.8 Å². The lowest BCUT2D eigenvalue weighted by Gasteiger charge is -2.14. The summed E-state index contributed by atoms with van der Waals surface area (Å²) in [4.78, 5) is 4.72. The molecule has 21 heavy (non-hydrogen) atoms. The van der Waals surface area contributed by atoms with Crippen LogP contribution in [0.5, 0.6) is 0 Å². The number of fused-ring (bicyclic) bond motifs is 1. The van der Waals surface area contributed by atoms with Crippen LogP contribution in [0.1, 0.15) is 51.9 Å². The van der Waals surface area contributed by atoms with Crippen molar-refractivity contribution in [1.29, 1.82) is 0 Å². The second-order valence-electron chi connectivity index (χ2n) is 6.50. The summed E-state index contributed by atoms with van der Waals surface area (Å²) in [7, 11) is 0. The first-order chi connectivity index (χ1) is 9.95. The van der Waals surface area contributed by atoms with Gasteiger partial charge >= 0.3 is 0 Å². The Kier molecular flexibility index (Phi) is 4.83. The first-order valence-electron chi connectivity index (χ1n) is 7.80. The highest BCUT2D eigenvalue weighted by molar-refractivity contribution is 5.51. The summed E-state index contributed by atoms with van der Waals surface area (Å²) in [6, 6.07) is 4.19. The number of nitrogens with two attached hydrogens (primary N) is 1. The highest BCUT2D eigenvalue weighted by Crippen LogP contribution is 2.24. The van der Waals surface area contributed by atoms with Crippen molar-refractivity contribution in [3.05, 3.63) is 23.5 Å². The van der Waals surface area contributed by atoms with E-state index in [0.29, 0.717) is 6.54 Å². The average Bonchev–Trinajstić information content (AvgIpc) is 2.83. The zero-order valence-corrected chi connectivity index (χ0v) is 13.6. The molecule has 3 N–H and O–H groups in total. The van der Waals surface area contributed by atoms with Gasteiger partial charge in [0.15, 0.2) is 5.65 Å². The van der Waals surface area contributed by atoms with E-state index in [9.17, 15) is 0 Å². The second kappa shape index (κ2) is 6.43. The third kappa shape index (κ3) is 3.73. The van der Waals surface area contributed by atoms with Crippen LogP contribution in [0, 0.1) is 0 Å². The number of nitrogens with zero attached hydrogens (tertiary/aromatic N) is 3. The quantitative estimate of drug-likeness (QED) is 0.802. The van der Waals surface area contributed by atoms with Crippen molar-refractivity contribution in [1.82, 2.24) is 14.6 Å². The Balaban J connectivity index is 2.43. The third-order valence-electron chi connectivity index (χ3n) is 3.44. The van der Waals surface area contributed by atoms with E-state index >= 15 is 0 Å². The van der Waals surface area contributed by atoms with Crippen molar-refractivity contribution >= 4 is 11.5 Å². The average molecular weight is 289 g/mol. The van der Waals surface area contributed by atoms with Gasteiger partial charge in [-0.15, -0.1) is 0 Å². The van der Waals surface area contributed by atoms with Crippen LogP contribution in [0.4, 0.5) is 5.82 Å². The van der Waals surface area contributed by atoms with Crippen LogP contribution in [0.25, 0.3) is 5.65 Å². The predicted molar refractivity (Wildman–Crippen MR) is 87.8 cm³/mol. The highest BCUT2D eigenvalue weighted by Gasteiger charge is 2.19. The molecule has 0 fully saturated rings. The summed E-state index contributed by atoms with van der Waals surface area (Å²) in [5.41, 5.74) is 8.68. The van der Waals surface area contributed by atoms with Crippen molar-refractivity contribution < 1.29 is 0 Å². The molecule has 0 radical (unpaired) electrons. The molecule has 0 aliphatic heterocycles. The molecule has 5 nitrogen and oxygen atoms in total. The van der Waals surface area contributed by atoms with Gasteiger partial charge in [-0.3, -0.25) is 0 Å². The fraction of sp³-hybridized carbons (Fsp3) is 0.625. The maximum atomic E-state index is 5.57. The molecular formula is C16H27N5. The second-order valence-corrected chi connectivity index (χ2v) is 6.50. The molecule has 0 aromatic carbocycles. The lowest BCUT2D eigenvalue weighted by Crippen LogP contribution is -2.14. The van der Waals surface area contributed by atoms with Crippen molar-refractivity contribution in [2.24, 2.45) is 5.73 Å². The van der Waals surface area contributed by atoms with Gasteiger partial charge in [0.2, 0.25) is 0 Å². The van der Waals surface area contributed by atoms with E-state index in [-0.39, 0.29) is 5.41 Å². The van der Waals surface area contributed by atoms with Gasteiger partial charge in [0.05, 0.1) is 5.69 Å². The normalized spacial score (nSPS) is 12.0. The fourth-order valence-corrected chi connectivity index (χ4v) is 2.22. The van der Waals surface area contributed by atoms with E-state index in [2.05, 4.69) is 45.1 Å². The van der Waals surface area contributed by atoms with Crippen LogP contribution < -0.4 is 11.1 Å². The zero-order valence-electron chi connectivity index (χ0n) is 13.6. The highest BCUT2D eigenvalue weighted by atomic mass is 15.3. The van der Waals surface area contributed by atoms with Crippen molar-refractivity contribution in [2.75, 3.05) is 18.4 Å². The van der Waals surface area contributed by atoms with Crippen LogP contribution in [0.2, 0.25) is 0 Å². The van der Waals surface area contributed by atoms with E-state index < -0.39 is 0 Å². The Bertz CT molecular complexity index is 594. The molecule has 0 amide bonds. The Morgan fingerprint density at radius 1 is 1.29 bits per heavy atom. The minimum atomic E-state index is 0.0210. The van der Waals surface area contributed by atoms with Gasteiger partial charge in [-0.2, -0.15) is 9.61 Å². The molecule has 5 heteroatoms. The largest absolute Gasteiger partial charge is 0.370 e. The smallest absolute Gasteiger partial charge is 0.157 e.